The molecule has 0 amide bonds. The first-order valence-corrected chi connectivity index (χ1v) is 8.15. The molecule has 2 aromatic heterocycles. The summed E-state index contributed by atoms with van der Waals surface area (Å²) >= 11 is 0. The van der Waals surface area contributed by atoms with Gasteiger partial charge in [0.05, 0.1) is 28.3 Å². The smallest absolute Gasteiger partial charge is 0.0777 e. The van der Waals surface area contributed by atoms with Gasteiger partial charge in [-0.15, -0.1) is 0 Å². The van der Waals surface area contributed by atoms with E-state index in [1.807, 2.05) is 48.5 Å². The average molecular weight is 326 g/mol. The molecule has 4 aromatic rings. The van der Waals surface area contributed by atoms with Crippen molar-refractivity contribution < 1.29 is 0 Å². The molecule has 2 heterocycles. The van der Waals surface area contributed by atoms with Crippen molar-refractivity contribution in [1.82, 2.24) is 9.97 Å². The Kier molecular flexibility index (Phi) is 3.78. The Hall–Kier alpha value is -3.40. The Morgan fingerprint density at radius 1 is 0.800 bits per heavy atom. The number of para-hydroxylation sites is 1. The van der Waals surface area contributed by atoms with Crippen molar-refractivity contribution in [3.05, 3.63) is 84.2 Å². The van der Waals surface area contributed by atoms with E-state index in [4.69, 9.17) is 16.5 Å². The van der Waals surface area contributed by atoms with E-state index in [1.54, 1.807) is 6.20 Å². The summed E-state index contributed by atoms with van der Waals surface area (Å²) in [5, 5.41) is 0.894. The lowest BCUT2D eigenvalue weighted by molar-refractivity contribution is 1.11. The second kappa shape index (κ2) is 6.24. The highest BCUT2D eigenvalue weighted by atomic mass is 14.8. The van der Waals surface area contributed by atoms with Crippen LogP contribution in [0.3, 0.4) is 0 Å². The third-order valence-corrected chi connectivity index (χ3v) is 4.31. The lowest BCUT2D eigenvalue weighted by Gasteiger charge is -2.11. The molecule has 0 spiro atoms. The second-order valence-corrected chi connectivity index (χ2v) is 6.00. The van der Waals surface area contributed by atoms with Crippen molar-refractivity contribution in [2.75, 3.05) is 11.5 Å². The molecule has 25 heavy (non-hydrogen) atoms. The molecule has 0 fully saturated rings. The molecule has 0 aliphatic heterocycles. The predicted octanol–water partition coefficient (Wildman–Crippen LogP) is 4.05. The van der Waals surface area contributed by atoms with E-state index in [1.165, 1.54) is 0 Å². The van der Waals surface area contributed by atoms with Crippen LogP contribution in [0.25, 0.3) is 22.2 Å². The fraction of sp³-hybridized carbons (Fsp3) is 0.0476. The van der Waals surface area contributed by atoms with Gasteiger partial charge in [0.2, 0.25) is 0 Å². The SMILES string of the molecule is Nc1c(Cc2cccc(-c3ccccn3)c2)nc2ccccc2c1N. The van der Waals surface area contributed by atoms with Gasteiger partial charge in [-0.1, -0.05) is 42.5 Å². The molecule has 2 aromatic carbocycles. The van der Waals surface area contributed by atoms with E-state index in [-0.39, 0.29) is 0 Å². The average Bonchev–Trinajstić information content (AvgIpc) is 2.67. The molecule has 4 N–H and O–H groups in total. The van der Waals surface area contributed by atoms with E-state index in [0.717, 1.165) is 33.4 Å². The molecular weight excluding hydrogens is 308 g/mol. The van der Waals surface area contributed by atoms with Crippen LogP contribution in [-0.4, -0.2) is 9.97 Å². The second-order valence-electron chi connectivity index (χ2n) is 6.00. The van der Waals surface area contributed by atoms with E-state index in [9.17, 15) is 0 Å². The Morgan fingerprint density at radius 2 is 1.64 bits per heavy atom. The number of nitrogens with two attached hydrogens (primary N) is 2. The van der Waals surface area contributed by atoms with Gasteiger partial charge in [0, 0.05) is 23.6 Å². The first kappa shape index (κ1) is 15.1. The highest BCUT2D eigenvalue weighted by Gasteiger charge is 2.11. The van der Waals surface area contributed by atoms with Crippen LogP contribution < -0.4 is 11.5 Å². The lowest BCUT2D eigenvalue weighted by atomic mass is 10.0. The number of nitrogen functional groups attached to an aromatic ring is 2. The van der Waals surface area contributed by atoms with Gasteiger partial charge in [-0.25, -0.2) is 0 Å². The van der Waals surface area contributed by atoms with Gasteiger partial charge in [-0.3, -0.25) is 9.97 Å². The number of pyridine rings is 2. The highest BCUT2D eigenvalue weighted by Crippen LogP contribution is 2.29. The summed E-state index contributed by atoms with van der Waals surface area (Å²) in [5.41, 5.74) is 18.4. The van der Waals surface area contributed by atoms with Crippen molar-refractivity contribution in [3.63, 3.8) is 0 Å². The Morgan fingerprint density at radius 3 is 2.48 bits per heavy atom. The van der Waals surface area contributed by atoms with Crippen LogP contribution in [0.1, 0.15) is 11.3 Å². The maximum atomic E-state index is 6.25. The maximum absolute atomic E-state index is 6.25. The van der Waals surface area contributed by atoms with Crippen LogP contribution in [0.4, 0.5) is 11.4 Å². The molecule has 0 saturated heterocycles. The van der Waals surface area contributed by atoms with Gasteiger partial charge >= 0.3 is 0 Å². The fourth-order valence-electron chi connectivity index (χ4n) is 3.01. The van der Waals surface area contributed by atoms with Crippen LogP contribution in [-0.2, 0) is 6.42 Å². The van der Waals surface area contributed by atoms with Crippen LogP contribution in [0.2, 0.25) is 0 Å². The third kappa shape index (κ3) is 2.90. The van der Waals surface area contributed by atoms with Crippen molar-refractivity contribution in [1.29, 1.82) is 0 Å². The molecule has 0 aliphatic rings. The van der Waals surface area contributed by atoms with Crippen molar-refractivity contribution in [2.24, 2.45) is 0 Å². The number of aromatic nitrogens is 2. The van der Waals surface area contributed by atoms with E-state index < -0.39 is 0 Å². The monoisotopic (exact) mass is 326 g/mol. The topological polar surface area (TPSA) is 77.8 Å². The van der Waals surface area contributed by atoms with Crippen LogP contribution in [0.5, 0.6) is 0 Å². The molecule has 4 nitrogen and oxygen atoms in total. The molecule has 0 unspecified atom stereocenters. The van der Waals surface area contributed by atoms with Gasteiger partial charge < -0.3 is 11.5 Å². The molecule has 4 heteroatoms. The zero-order valence-electron chi connectivity index (χ0n) is 13.7. The normalized spacial score (nSPS) is 10.9. The molecular formula is C21H18N4. The predicted molar refractivity (Wildman–Crippen MR) is 103 cm³/mol. The minimum atomic E-state index is 0.557. The molecule has 0 radical (unpaired) electrons. The molecule has 0 aliphatic carbocycles. The van der Waals surface area contributed by atoms with Crippen molar-refractivity contribution in [3.8, 4) is 11.3 Å². The number of anilines is 2. The van der Waals surface area contributed by atoms with Gasteiger partial charge in [0.15, 0.2) is 0 Å². The summed E-state index contributed by atoms with van der Waals surface area (Å²) in [6, 6.07) is 22.0. The molecule has 122 valence electrons. The highest BCUT2D eigenvalue weighted by molar-refractivity contribution is 5.96. The summed E-state index contributed by atoms with van der Waals surface area (Å²) in [6.45, 7) is 0. The lowest BCUT2D eigenvalue weighted by Crippen LogP contribution is -2.05. The number of rotatable bonds is 3. The van der Waals surface area contributed by atoms with E-state index >= 15 is 0 Å². The van der Waals surface area contributed by atoms with Crippen LogP contribution in [0, 0.1) is 0 Å². The molecule has 0 bridgehead atoms. The van der Waals surface area contributed by atoms with Crippen LogP contribution >= 0.6 is 0 Å². The van der Waals surface area contributed by atoms with Gasteiger partial charge in [-0.2, -0.15) is 0 Å². The summed E-state index contributed by atoms with van der Waals surface area (Å²) in [6.07, 6.45) is 2.42. The number of benzene rings is 2. The van der Waals surface area contributed by atoms with Gasteiger partial charge in [0.1, 0.15) is 0 Å². The van der Waals surface area contributed by atoms with Crippen molar-refractivity contribution >= 4 is 22.3 Å². The number of hydrogen-bond donors (Lipinski definition) is 2. The molecule has 0 atom stereocenters. The largest absolute Gasteiger partial charge is 0.396 e. The maximum Gasteiger partial charge on any atom is 0.0777 e. The summed E-state index contributed by atoms with van der Waals surface area (Å²) in [7, 11) is 0. The zero-order chi connectivity index (χ0) is 17.2. The number of hydrogen-bond acceptors (Lipinski definition) is 4. The standard InChI is InChI=1S/C21H18N4/c22-20-16-8-1-2-10-18(16)25-19(21(20)23)13-14-6-5-7-15(12-14)17-9-3-4-11-24-17/h1-12H,13,23H2,(H2,22,25). The van der Waals surface area contributed by atoms with E-state index in [0.29, 0.717) is 17.8 Å². The minimum Gasteiger partial charge on any atom is -0.396 e. The number of fused-ring (bicyclic) bond motifs is 1. The summed E-state index contributed by atoms with van der Waals surface area (Å²) in [4.78, 5) is 9.12. The van der Waals surface area contributed by atoms with Crippen molar-refractivity contribution in [2.45, 2.75) is 6.42 Å². The third-order valence-electron chi connectivity index (χ3n) is 4.31. The Labute approximate surface area is 146 Å². The molecule has 0 saturated carbocycles. The first-order chi connectivity index (χ1) is 12.2. The Bertz CT molecular complexity index is 1040. The fourth-order valence-corrected chi connectivity index (χ4v) is 3.01. The zero-order valence-corrected chi connectivity index (χ0v) is 13.7. The Balaban J connectivity index is 1.74. The van der Waals surface area contributed by atoms with E-state index in [2.05, 4.69) is 23.2 Å². The summed E-state index contributed by atoms with van der Waals surface area (Å²) < 4.78 is 0. The van der Waals surface area contributed by atoms with Crippen LogP contribution in [0.15, 0.2) is 72.9 Å². The number of nitrogens with zero attached hydrogens (tertiary/aromatic N) is 2. The first-order valence-electron chi connectivity index (χ1n) is 8.15. The minimum absolute atomic E-state index is 0.557. The summed E-state index contributed by atoms with van der Waals surface area (Å²) in [5.74, 6) is 0. The van der Waals surface area contributed by atoms with Gasteiger partial charge in [0.25, 0.3) is 0 Å². The quantitative estimate of drug-likeness (QED) is 0.595. The van der Waals surface area contributed by atoms with Gasteiger partial charge in [-0.05, 0) is 29.8 Å². The molecule has 4 rings (SSSR count).